The maximum absolute atomic E-state index is 13.2. The van der Waals surface area contributed by atoms with Crippen LogP contribution in [0.4, 0.5) is 11.6 Å². The van der Waals surface area contributed by atoms with Gasteiger partial charge in [0.25, 0.3) is 11.8 Å². The van der Waals surface area contributed by atoms with E-state index in [2.05, 4.69) is 25.7 Å². The van der Waals surface area contributed by atoms with Crippen LogP contribution in [0.15, 0.2) is 78.9 Å². The summed E-state index contributed by atoms with van der Waals surface area (Å²) < 4.78 is 7.49. The summed E-state index contributed by atoms with van der Waals surface area (Å²) in [4.78, 5) is 29.9. The molecule has 2 aliphatic rings. The number of benzene rings is 3. The number of anilines is 2. The highest BCUT2D eigenvalue weighted by molar-refractivity contribution is 5.98. The maximum atomic E-state index is 13.2. The molecule has 1 atom stereocenters. The highest BCUT2D eigenvalue weighted by Crippen LogP contribution is 2.29. The van der Waals surface area contributed by atoms with Crippen LogP contribution in [0.5, 0.6) is 5.75 Å². The minimum absolute atomic E-state index is 0.0806. The number of rotatable bonds is 5. The number of nitrogens with zero attached hydrogens (tertiary/aromatic N) is 6. The van der Waals surface area contributed by atoms with Gasteiger partial charge in [0.15, 0.2) is 6.10 Å². The van der Waals surface area contributed by atoms with E-state index < -0.39 is 6.10 Å². The number of fused-ring (bicyclic) bond motifs is 1. The van der Waals surface area contributed by atoms with Gasteiger partial charge in [-0.1, -0.05) is 47.6 Å². The number of piperazine rings is 1. The normalized spacial score (nSPS) is 16.7. The second kappa shape index (κ2) is 9.73. The van der Waals surface area contributed by atoms with Crippen LogP contribution in [0.3, 0.4) is 0 Å². The van der Waals surface area contributed by atoms with E-state index in [1.165, 1.54) is 0 Å². The molecular weight excluding hydrogens is 470 g/mol. The molecule has 1 saturated heterocycles. The van der Waals surface area contributed by atoms with Crippen molar-refractivity contribution < 1.29 is 14.3 Å². The molecule has 3 aromatic carbocycles. The number of hydrogen-bond acceptors (Lipinski definition) is 7. The average Bonchev–Trinajstić information content (AvgIpc) is 3.61. The molecular formula is C27H25N7O3. The first-order chi connectivity index (χ1) is 18.2. The van der Waals surface area contributed by atoms with Gasteiger partial charge in [-0.25, -0.2) is 0 Å². The van der Waals surface area contributed by atoms with Gasteiger partial charge in [0.1, 0.15) is 5.75 Å². The van der Waals surface area contributed by atoms with E-state index in [0.29, 0.717) is 49.8 Å². The molecule has 1 unspecified atom stereocenters. The maximum Gasteiger partial charge on any atom is 0.265 e. The van der Waals surface area contributed by atoms with E-state index in [9.17, 15) is 9.59 Å². The van der Waals surface area contributed by atoms with Gasteiger partial charge in [0, 0.05) is 43.9 Å². The van der Waals surface area contributed by atoms with Crippen LogP contribution in [0, 0.1) is 0 Å². The molecule has 10 heteroatoms. The predicted octanol–water partition coefficient (Wildman–Crippen LogP) is 2.57. The molecule has 2 amide bonds. The fraction of sp³-hybridized carbons (Fsp3) is 0.222. The number of para-hydroxylation sites is 2. The number of nitrogens with one attached hydrogen (secondary N) is 1. The minimum Gasteiger partial charge on any atom is -0.480 e. The second-order valence-electron chi connectivity index (χ2n) is 8.99. The van der Waals surface area contributed by atoms with Gasteiger partial charge in [-0.05, 0) is 52.4 Å². The number of carbonyl (C=O) groups is 2. The summed E-state index contributed by atoms with van der Waals surface area (Å²) in [6.07, 6.45) is -0.0596. The quantitative estimate of drug-likeness (QED) is 0.454. The lowest BCUT2D eigenvalue weighted by Gasteiger charge is -2.34. The van der Waals surface area contributed by atoms with Crippen LogP contribution in [0.1, 0.15) is 15.9 Å². The van der Waals surface area contributed by atoms with Crippen LogP contribution in [0.2, 0.25) is 0 Å². The van der Waals surface area contributed by atoms with Crippen molar-refractivity contribution in [2.75, 3.05) is 36.4 Å². The SMILES string of the molecule is O=C(Nc1cccc(C(=O)N2CCN(c3nnnn3-c3ccccc3)CC2)c1)C1Cc2ccccc2O1. The van der Waals surface area contributed by atoms with Crippen molar-refractivity contribution in [2.45, 2.75) is 12.5 Å². The zero-order chi connectivity index (χ0) is 25.2. The van der Waals surface area contributed by atoms with Gasteiger partial charge < -0.3 is 19.9 Å². The van der Waals surface area contributed by atoms with Gasteiger partial charge >= 0.3 is 0 Å². The van der Waals surface area contributed by atoms with Crippen LogP contribution in [-0.4, -0.2) is 69.2 Å². The first-order valence-electron chi connectivity index (χ1n) is 12.2. The summed E-state index contributed by atoms with van der Waals surface area (Å²) in [7, 11) is 0. The largest absolute Gasteiger partial charge is 0.480 e. The molecule has 1 fully saturated rings. The predicted molar refractivity (Wildman–Crippen MR) is 137 cm³/mol. The number of carbonyl (C=O) groups excluding carboxylic acids is 2. The number of aromatic nitrogens is 4. The Labute approximate surface area is 213 Å². The van der Waals surface area contributed by atoms with E-state index in [-0.39, 0.29) is 11.8 Å². The molecule has 0 aliphatic carbocycles. The Morgan fingerprint density at radius 2 is 1.68 bits per heavy atom. The highest BCUT2D eigenvalue weighted by Gasteiger charge is 2.29. The number of ether oxygens (including phenoxy) is 1. The van der Waals surface area contributed by atoms with Crippen molar-refractivity contribution in [1.29, 1.82) is 0 Å². The number of amides is 2. The molecule has 0 saturated carbocycles. The van der Waals surface area contributed by atoms with E-state index >= 15 is 0 Å². The van der Waals surface area contributed by atoms with E-state index in [1.54, 1.807) is 28.9 Å². The Bertz CT molecular complexity index is 1410. The molecule has 2 aliphatic heterocycles. The second-order valence-corrected chi connectivity index (χ2v) is 8.99. The van der Waals surface area contributed by atoms with Gasteiger partial charge in [-0.2, -0.15) is 4.68 Å². The number of hydrogen-bond donors (Lipinski definition) is 1. The Kier molecular flexibility index (Phi) is 5.97. The fourth-order valence-corrected chi connectivity index (χ4v) is 4.69. The van der Waals surface area contributed by atoms with Crippen molar-refractivity contribution >= 4 is 23.5 Å². The van der Waals surface area contributed by atoms with Crippen LogP contribution >= 0.6 is 0 Å². The topological polar surface area (TPSA) is 105 Å². The third-order valence-electron chi connectivity index (χ3n) is 6.62. The molecule has 1 N–H and O–H groups in total. The van der Waals surface area contributed by atoms with Crippen molar-refractivity contribution in [3.63, 3.8) is 0 Å². The van der Waals surface area contributed by atoms with Crippen LogP contribution < -0.4 is 15.0 Å². The molecule has 6 rings (SSSR count). The Morgan fingerprint density at radius 1 is 0.892 bits per heavy atom. The summed E-state index contributed by atoms with van der Waals surface area (Å²) in [6.45, 7) is 2.28. The highest BCUT2D eigenvalue weighted by atomic mass is 16.5. The first-order valence-corrected chi connectivity index (χ1v) is 12.2. The van der Waals surface area contributed by atoms with Crippen molar-refractivity contribution in [2.24, 2.45) is 0 Å². The summed E-state index contributed by atoms with van der Waals surface area (Å²) in [5.41, 5.74) is 2.99. The van der Waals surface area contributed by atoms with Gasteiger partial charge in [-0.3, -0.25) is 9.59 Å². The van der Waals surface area contributed by atoms with Gasteiger partial charge in [-0.15, -0.1) is 0 Å². The molecule has 37 heavy (non-hydrogen) atoms. The van der Waals surface area contributed by atoms with Gasteiger partial charge in [0.05, 0.1) is 5.69 Å². The Morgan fingerprint density at radius 3 is 2.49 bits per heavy atom. The minimum atomic E-state index is -0.586. The molecule has 0 spiro atoms. The fourth-order valence-electron chi connectivity index (χ4n) is 4.69. The standard InChI is InChI=1S/C27H25N7O3/c35-25(24-18-19-7-4-5-12-23(19)37-24)28-21-9-6-8-20(17-21)26(36)32-13-15-33(16-14-32)27-29-30-31-34(27)22-10-2-1-3-11-22/h1-12,17,24H,13-16,18H2,(H,28,35). The lowest BCUT2D eigenvalue weighted by atomic mass is 10.1. The van der Waals surface area contributed by atoms with Crippen LogP contribution in [-0.2, 0) is 11.2 Å². The average molecular weight is 496 g/mol. The molecule has 4 aromatic rings. The Hall–Kier alpha value is -4.73. The van der Waals surface area contributed by atoms with Crippen molar-refractivity contribution in [1.82, 2.24) is 25.1 Å². The monoisotopic (exact) mass is 495 g/mol. The molecule has 1 aromatic heterocycles. The zero-order valence-electron chi connectivity index (χ0n) is 20.0. The molecule has 3 heterocycles. The third-order valence-corrected chi connectivity index (χ3v) is 6.62. The summed E-state index contributed by atoms with van der Waals surface area (Å²) in [5, 5.41) is 15.1. The van der Waals surface area contributed by atoms with Crippen molar-refractivity contribution in [3.8, 4) is 11.4 Å². The molecule has 10 nitrogen and oxygen atoms in total. The third kappa shape index (κ3) is 4.61. The van der Waals surface area contributed by atoms with E-state index in [4.69, 9.17) is 4.74 Å². The van der Waals surface area contributed by atoms with E-state index in [1.807, 2.05) is 59.5 Å². The summed E-state index contributed by atoms with van der Waals surface area (Å²) >= 11 is 0. The number of tetrazole rings is 1. The van der Waals surface area contributed by atoms with Crippen molar-refractivity contribution in [3.05, 3.63) is 90.0 Å². The van der Waals surface area contributed by atoms with Gasteiger partial charge in [0.2, 0.25) is 5.95 Å². The zero-order valence-corrected chi connectivity index (χ0v) is 20.0. The lowest BCUT2D eigenvalue weighted by molar-refractivity contribution is -0.122. The Balaban J connectivity index is 1.08. The lowest BCUT2D eigenvalue weighted by Crippen LogP contribution is -2.49. The smallest absolute Gasteiger partial charge is 0.265 e. The first kappa shape index (κ1) is 22.7. The molecule has 186 valence electrons. The molecule has 0 bridgehead atoms. The molecule has 0 radical (unpaired) electrons. The van der Waals surface area contributed by atoms with E-state index in [0.717, 1.165) is 17.0 Å². The summed E-state index contributed by atoms with van der Waals surface area (Å²) in [5.74, 6) is 1.08. The van der Waals surface area contributed by atoms with Crippen LogP contribution in [0.25, 0.3) is 5.69 Å². The summed E-state index contributed by atoms with van der Waals surface area (Å²) in [6, 6.07) is 24.4.